The lowest BCUT2D eigenvalue weighted by atomic mass is 10.2. The van der Waals surface area contributed by atoms with E-state index in [1.54, 1.807) is 12.3 Å². The molecule has 1 fully saturated rings. The summed E-state index contributed by atoms with van der Waals surface area (Å²) >= 11 is 6.22. The second kappa shape index (κ2) is 5.33. The molecule has 0 spiro atoms. The van der Waals surface area contributed by atoms with Crippen LogP contribution in [0.15, 0.2) is 12.3 Å². The highest BCUT2D eigenvalue weighted by Crippen LogP contribution is 2.27. The van der Waals surface area contributed by atoms with Crippen LogP contribution in [0.3, 0.4) is 0 Å². The van der Waals surface area contributed by atoms with Gasteiger partial charge in [-0.1, -0.05) is 11.6 Å². The minimum absolute atomic E-state index is 0.0373. The lowest BCUT2D eigenvalue weighted by Crippen LogP contribution is -2.27. The van der Waals surface area contributed by atoms with Gasteiger partial charge in [0.05, 0.1) is 11.6 Å². The van der Waals surface area contributed by atoms with Gasteiger partial charge in [-0.25, -0.2) is 4.98 Å². The molecular formula is C11H15ClN4O. The minimum atomic E-state index is -0.0373. The number of hydrogen-bond donors (Lipinski definition) is 2. The Kier molecular flexibility index (Phi) is 3.81. The van der Waals surface area contributed by atoms with Gasteiger partial charge in [0.15, 0.2) is 0 Å². The minimum Gasteiger partial charge on any atom is -0.384 e. The number of nitrogen functional groups attached to an aromatic ring is 1. The normalized spacial score (nSPS) is 16.6. The third-order valence-corrected chi connectivity index (χ3v) is 3.06. The van der Waals surface area contributed by atoms with Crippen molar-refractivity contribution in [3.05, 3.63) is 22.8 Å². The van der Waals surface area contributed by atoms with Crippen molar-refractivity contribution in [3.8, 4) is 0 Å². The molecule has 17 heavy (non-hydrogen) atoms. The Labute approximate surface area is 105 Å². The number of ether oxygens (including phenoxy) is 1. The molecule has 2 rings (SSSR count). The molecule has 0 amide bonds. The Bertz CT molecular complexity index is 416. The first-order valence-corrected chi connectivity index (χ1v) is 5.89. The van der Waals surface area contributed by atoms with Crippen LogP contribution in [-0.2, 0) is 4.74 Å². The number of rotatable bonds is 2. The molecule has 1 saturated heterocycles. The van der Waals surface area contributed by atoms with E-state index in [1.807, 2.05) is 0 Å². The summed E-state index contributed by atoms with van der Waals surface area (Å²) < 4.78 is 5.38. The van der Waals surface area contributed by atoms with E-state index in [9.17, 15) is 0 Å². The van der Waals surface area contributed by atoms with Crippen molar-refractivity contribution in [2.24, 2.45) is 5.73 Å². The van der Waals surface area contributed by atoms with Gasteiger partial charge < -0.3 is 15.4 Å². The number of halogens is 1. The van der Waals surface area contributed by atoms with Gasteiger partial charge in [0.25, 0.3) is 0 Å². The van der Waals surface area contributed by atoms with Gasteiger partial charge >= 0.3 is 0 Å². The fourth-order valence-corrected chi connectivity index (χ4v) is 2.15. The Morgan fingerprint density at radius 2 is 2.29 bits per heavy atom. The van der Waals surface area contributed by atoms with Gasteiger partial charge in [0.1, 0.15) is 11.7 Å². The van der Waals surface area contributed by atoms with E-state index in [0.29, 0.717) is 23.0 Å². The maximum Gasteiger partial charge on any atom is 0.148 e. The molecule has 6 heteroatoms. The van der Waals surface area contributed by atoms with Gasteiger partial charge in [-0.3, -0.25) is 5.41 Å². The monoisotopic (exact) mass is 254 g/mol. The summed E-state index contributed by atoms with van der Waals surface area (Å²) in [6.07, 6.45) is 2.58. The van der Waals surface area contributed by atoms with E-state index in [-0.39, 0.29) is 5.84 Å². The van der Waals surface area contributed by atoms with Crippen molar-refractivity contribution in [1.82, 2.24) is 4.98 Å². The number of hydrogen-bond acceptors (Lipinski definition) is 4. The van der Waals surface area contributed by atoms with Crippen LogP contribution in [0.4, 0.5) is 5.82 Å². The average Bonchev–Trinajstić information content (AvgIpc) is 2.57. The van der Waals surface area contributed by atoms with Crippen LogP contribution >= 0.6 is 11.6 Å². The van der Waals surface area contributed by atoms with Crippen molar-refractivity contribution in [3.63, 3.8) is 0 Å². The molecule has 5 nitrogen and oxygen atoms in total. The molecule has 0 saturated carbocycles. The number of anilines is 1. The standard InChI is InChI=1S/C11H15ClN4O/c12-9-8(10(13)14)2-3-15-11(9)16-4-1-6-17-7-5-16/h2-3H,1,4-7H2,(H3,13,14). The largest absolute Gasteiger partial charge is 0.384 e. The third kappa shape index (κ3) is 2.68. The molecule has 1 aliphatic heterocycles. The lowest BCUT2D eigenvalue weighted by molar-refractivity contribution is 0.152. The maximum absolute atomic E-state index is 7.45. The predicted molar refractivity (Wildman–Crippen MR) is 67.9 cm³/mol. The van der Waals surface area contributed by atoms with Gasteiger partial charge in [-0.2, -0.15) is 0 Å². The summed E-state index contributed by atoms with van der Waals surface area (Å²) in [5.74, 6) is 0.648. The van der Waals surface area contributed by atoms with Crippen molar-refractivity contribution in [2.75, 3.05) is 31.2 Å². The number of nitrogens with zero attached hydrogens (tertiary/aromatic N) is 2. The van der Waals surface area contributed by atoms with Crippen molar-refractivity contribution < 1.29 is 4.74 Å². The Balaban J connectivity index is 2.30. The molecule has 1 aromatic heterocycles. The van der Waals surface area contributed by atoms with E-state index >= 15 is 0 Å². The number of aromatic nitrogens is 1. The molecule has 3 N–H and O–H groups in total. The second-order valence-corrected chi connectivity index (χ2v) is 4.24. The van der Waals surface area contributed by atoms with Crippen LogP contribution in [0.5, 0.6) is 0 Å². The highest BCUT2D eigenvalue weighted by Gasteiger charge is 2.17. The van der Waals surface area contributed by atoms with E-state index in [2.05, 4.69) is 9.88 Å². The van der Waals surface area contributed by atoms with E-state index in [4.69, 9.17) is 27.5 Å². The van der Waals surface area contributed by atoms with Crippen LogP contribution in [0.25, 0.3) is 0 Å². The fraction of sp³-hybridized carbons (Fsp3) is 0.455. The van der Waals surface area contributed by atoms with Crippen molar-refractivity contribution in [1.29, 1.82) is 5.41 Å². The Morgan fingerprint density at radius 1 is 1.47 bits per heavy atom. The first-order valence-electron chi connectivity index (χ1n) is 5.51. The highest BCUT2D eigenvalue weighted by molar-refractivity contribution is 6.36. The van der Waals surface area contributed by atoms with Crippen LogP contribution in [0, 0.1) is 5.41 Å². The summed E-state index contributed by atoms with van der Waals surface area (Å²) in [6, 6.07) is 1.66. The molecule has 1 aliphatic rings. The molecule has 0 aromatic carbocycles. The quantitative estimate of drug-likeness (QED) is 0.615. The number of pyridine rings is 1. The molecule has 0 bridgehead atoms. The summed E-state index contributed by atoms with van der Waals surface area (Å²) in [5.41, 5.74) is 6.00. The molecule has 92 valence electrons. The summed E-state index contributed by atoms with van der Waals surface area (Å²) in [5, 5.41) is 7.90. The first kappa shape index (κ1) is 12.1. The van der Waals surface area contributed by atoms with Gasteiger partial charge in [-0.15, -0.1) is 0 Å². The Morgan fingerprint density at radius 3 is 3.06 bits per heavy atom. The molecule has 1 aromatic rings. The lowest BCUT2D eigenvalue weighted by Gasteiger charge is -2.22. The van der Waals surface area contributed by atoms with E-state index in [1.165, 1.54) is 0 Å². The fourth-order valence-electron chi connectivity index (χ4n) is 1.82. The predicted octanol–water partition coefficient (Wildman–Crippen LogP) is 1.25. The summed E-state index contributed by atoms with van der Waals surface area (Å²) in [6.45, 7) is 3.05. The number of nitrogens with two attached hydrogens (primary N) is 1. The molecule has 0 unspecified atom stereocenters. The zero-order valence-electron chi connectivity index (χ0n) is 9.45. The molecule has 0 aliphatic carbocycles. The highest BCUT2D eigenvalue weighted by atomic mass is 35.5. The van der Waals surface area contributed by atoms with Crippen LogP contribution < -0.4 is 10.6 Å². The summed E-state index contributed by atoms with van der Waals surface area (Å²) in [4.78, 5) is 6.34. The number of nitrogens with one attached hydrogen (secondary N) is 1. The van der Waals surface area contributed by atoms with E-state index in [0.717, 1.165) is 26.1 Å². The second-order valence-electron chi connectivity index (χ2n) is 3.86. The SMILES string of the molecule is N=C(N)c1ccnc(N2CCCOCC2)c1Cl. The van der Waals surface area contributed by atoms with Crippen molar-refractivity contribution in [2.45, 2.75) is 6.42 Å². The Hall–Kier alpha value is -1.33. The molecule has 0 atom stereocenters. The average molecular weight is 255 g/mol. The zero-order chi connectivity index (χ0) is 12.3. The van der Waals surface area contributed by atoms with Gasteiger partial charge in [0, 0.05) is 31.5 Å². The third-order valence-electron chi connectivity index (χ3n) is 2.68. The topological polar surface area (TPSA) is 75.2 Å². The van der Waals surface area contributed by atoms with Crippen LogP contribution in [0.2, 0.25) is 5.02 Å². The summed E-state index contributed by atoms with van der Waals surface area (Å²) in [7, 11) is 0. The molecular weight excluding hydrogens is 240 g/mol. The van der Waals surface area contributed by atoms with Gasteiger partial charge in [0.2, 0.25) is 0 Å². The van der Waals surface area contributed by atoms with Gasteiger partial charge in [-0.05, 0) is 12.5 Å². The first-order chi connectivity index (χ1) is 8.20. The smallest absolute Gasteiger partial charge is 0.148 e. The zero-order valence-corrected chi connectivity index (χ0v) is 10.2. The van der Waals surface area contributed by atoms with Crippen molar-refractivity contribution >= 4 is 23.3 Å². The number of amidine groups is 1. The molecule has 0 radical (unpaired) electrons. The van der Waals surface area contributed by atoms with Crippen LogP contribution in [0.1, 0.15) is 12.0 Å². The van der Waals surface area contributed by atoms with E-state index < -0.39 is 0 Å². The van der Waals surface area contributed by atoms with Crippen LogP contribution in [-0.4, -0.2) is 37.1 Å². The maximum atomic E-state index is 7.45. The molecule has 2 heterocycles.